The summed E-state index contributed by atoms with van der Waals surface area (Å²) in [5.41, 5.74) is 26.0. The lowest BCUT2D eigenvalue weighted by Crippen LogP contribution is -2.28. The molecule has 0 fully saturated rings. The Morgan fingerprint density at radius 3 is 0.869 bits per heavy atom. The Kier molecular flexibility index (Phi) is 11.3. The molecule has 2 aliphatic carbocycles. The second-order valence-electron chi connectivity index (χ2n) is 23.5. The van der Waals surface area contributed by atoms with Gasteiger partial charge in [-0.3, -0.25) is 0 Å². The Morgan fingerprint density at radius 2 is 0.524 bits per heavy atom. The van der Waals surface area contributed by atoms with Crippen molar-refractivity contribution in [3.63, 3.8) is 0 Å². The third kappa shape index (κ3) is 7.30. The van der Waals surface area contributed by atoms with Crippen molar-refractivity contribution < 1.29 is 0 Å². The fourth-order valence-corrected chi connectivity index (χ4v) is 15.3. The van der Waals surface area contributed by atoms with E-state index in [4.69, 9.17) is 0 Å². The van der Waals surface area contributed by atoms with Gasteiger partial charge in [-0.25, -0.2) is 0 Å². The third-order valence-corrected chi connectivity index (χ3v) is 18.5. The van der Waals surface area contributed by atoms with Gasteiger partial charge in [-0.15, -0.1) is 0 Å². The Labute approximate surface area is 492 Å². The van der Waals surface area contributed by atoms with Crippen LogP contribution in [-0.2, 0) is 10.8 Å². The van der Waals surface area contributed by atoms with Crippen LogP contribution in [-0.4, -0.2) is 0 Å². The van der Waals surface area contributed by atoms with Gasteiger partial charge in [-0.05, 0) is 199 Å². The SMILES string of the molecule is Cc1cc(C)cc(N(c2cc(C)cc(C)c2)c2ccc3ccc4c(N(c5ccc(C6(c7ccccc7)c7ccccc7-c7ccccc76)cc5)c5ccc(C6(c7ccccc7)c7ccccc7-c7ccccc76)cc5)ccc5ccc2c3c54)c1. The lowest BCUT2D eigenvalue weighted by atomic mass is 9.67. The zero-order valence-corrected chi connectivity index (χ0v) is 47.6. The Balaban J connectivity index is 0.925. The molecular weight excluding hydrogens is 1010 g/mol. The number of hydrogen-bond acceptors (Lipinski definition) is 2. The second kappa shape index (κ2) is 19.2. The fourth-order valence-electron chi connectivity index (χ4n) is 15.3. The molecule has 0 bridgehead atoms. The lowest BCUT2D eigenvalue weighted by molar-refractivity contribution is 0.768. The molecule has 14 aromatic carbocycles. The molecule has 2 aliphatic rings. The van der Waals surface area contributed by atoms with Gasteiger partial charge in [0.25, 0.3) is 0 Å². The van der Waals surface area contributed by atoms with Gasteiger partial charge in [0.05, 0.1) is 22.2 Å². The summed E-state index contributed by atoms with van der Waals surface area (Å²) >= 11 is 0. The van der Waals surface area contributed by atoms with Gasteiger partial charge < -0.3 is 9.80 Å². The van der Waals surface area contributed by atoms with Gasteiger partial charge in [0.15, 0.2) is 0 Å². The largest absolute Gasteiger partial charge is 0.310 e. The van der Waals surface area contributed by atoms with Crippen LogP contribution < -0.4 is 9.80 Å². The highest BCUT2D eigenvalue weighted by Crippen LogP contribution is 2.59. The molecule has 14 aromatic rings. The first-order valence-corrected chi connectivity index (χ1v) is 29.5. The lowest BCUT2D eigenvalue weighted by Gasteiger charge is -2.35. The summed E-state index contributed by atoms with van der Waals surface area (Å²) in [6, 6.07) is 110. The summed E-state index contributed by atoms with van der Waals surface area (Å²) in [6.07, 6.45) is 0. The molecule has 84 heavy (non-hydrogen) atoms. The summed E-state index contributed by atoms with van der Waals surface area (Å²) in [7, 11) is 0. The van der Waals surface area contributed by atoms with E-state index in [-0.39, 0.29) is 0 Å². The molecule has 0 heterocycles. The number of nitrogens with zero attached hydrogens (tertiary/aromatic N) is 2. The zero-order valence-electron chi connectivity index (χ0n) is 47.6. The van der Waals surface area contributed by atoms with Crippen molar-refractivity contribution in [1.29, 1.82) is 0 Å². The molecule has 16 rings (SSSR count). The number of fused-ring (bicyclic) bond motifs is 6. The van der Waals surface area contributed by atoms with Crippen molar-refractivity contribution in [2.75, 3.05) is 9.80 Å². The molecule has 0 N–H and O–H groups in total. The van der Waals surface area contributed by atoms with Crippen LogP contribution in [0.2, 0.25) is 0 Å². The van der Waals surface area contributed by atoms with Crippen molar-refractivity contribution in [2.45, 2.75) is 38.5 Å². The first-order valence-electron chi connectivity index (χ1n) is 29.5. The molecular formula is C82H60N2. The van der Waals surface area contributed by atoms with Crippen molar-refractivity contribution in [1.82, 2.24) is 0 Å². The van der Waals surface area contributed by atoms with Crippen LogP contribution >= 0.6 is 0 Å². The molecule has 0 atom stereocenters. The van der Waals surface area contributed by atoms with Crippen LogP contribution in [0.5, 0.6) is 0 Å². The van der Waals surface area contributed by atoms with E-state index in [9.17, 15) is 0 Å². The summed E-state index contributed by atoms with van der Waals surface area (Å²) in [6.45, 7) is 8.82. The highest BCUT2D eigenvalue weighted by atomic mass is 15.2. The smallest absolute Gasteiger partial charge is 0.0713 e. The van der Waals surface area contributed by atoms with E-state index in [0.29, 0.717) is 0 Å². The van der Waals surface area contributed by atoms with Crippen molar-refractivity contribution >= 4 is 66.4 Å². The number of hydrogen-bond donors (Lipinski definition) is 0. The molecule has 2 heteroatoms. The van der Waals surface area contributed by atoms with Crippen LogP contribution in [0.25, 0.3) is 54.6 Å². The van der Waals surface area contributed by atoms with E-state index in [2.05, 4.69) is 329 Å². The van der Waals surface area contributed by atoms with Crippen LogP contribution in [0.15, 0.2) is 291 Å². The first kappa shape index (κ1) is 49.5. The van der Waals surface area contributed by atoms with Crippen LogP contribution in [0.4, 0.5) is 34.1 Å². The molecule has 0 saturated carbocycles. The van der Waals surface area contributed by atoms with Gasteiger partial charge >= 0.3 is 0 Å². The molecule has 2 nitrogen and oxygen atoms in total. The Morgan fingerprint density at radius 1 is 0.238 bits per heavy atom. The number of benzene rings is 14. The van der Waals surface area contributed by atoms with Crippen molar-refractivity contribution in [3.8, 4) is 22.3 Å². The predicted molar refractivity (Wildman–Crippen MR) is 353 cm³/mol. The highest BCUT2D eigenvalue weighted by molar-refractivity contribution is 6.28. The molecule has 0 amide bonds. The average Bonchev–Trinajstić information content (AvgIpc) is 1.70. The summed E-state index contributed by atoms with van der Waals surface area (Å²) in [4.78, 5) is 4.99. The maximum atomic E-state index is 2.51. The van der Waals surface area contributed by atoms with E-state index < -0.39 is 10.8 Å². The average molecular weight is 1070 g/mol. The van der Waals surface area contributed by atoms with Crippen LogP contribution in [0.3, 0.4) is 0 Å². The summed E-state index contributed by atoms with van der Waals surface area (Å²) in [5, 5.41) is 7.36. The van der Waals surface area contributed by atoms with E-state index in [1.165, 1.54) is 121 Å². The summed E-state index contributed by atoms with van der Waals surface area (Å²) in [5.74, 6) is 0. The predicted octanol–water partition coefficient (Wildman–Crippen LogP) is 21.5. The normalized spacial score (nSPS) is 13.4. The third-order valence-electron chi connectivity index (χ3n) is 18.5. The quantitative estimate of drug-likeness (QED) is 0.126. The Bertz CT molecular complexity index is 4520. The molecule has 0 radical (unpaired) electrons. The minimum atomic E-state index is -0.522. The molecule has 0 unspecified atom stereocenters. The van der Waals surface area contributed by atoms with Crippen LogP contribution in [0.1, 0.15) is 66.8 Å². The fraction of sp³-hybridized carbons (Fsp3) is 0.0732. The summed E-state index contributed by atoms with van der Waals surface area (Å²) < 4.78 is 0. The minimum absolute atomic E-state index is 0.522. The van der Waals surface area contributed by atoms with Gasteiger partial charge in [0, 0.05) is 33.5 Å². The molecule has 0 spiro atoms. The number of anilines is 6. The van der Waals surface area contributed by atoms with Crippen LogP contribution in [0, 0.1) is 27.7 Å². The molecule has 0 saturated heterocycles. The van der Waals surface area contributed by atoms with E-state index >= 15 is 0 Å². The monoisotopic (exact) mass is 1070 g/mol. The maximum Gasteiger partial charge on any atom is 0.0713 e. The minimum Gasteiger partial charge on any atom is -0.310 e. The molecule has 0 aromatic heterocycles. The second-order valence-corrected chi connectivity index (χ2v) is 23.5. The van der Waals surface area contributed by atoms with Crippen molar-refractivity contribution in [3.05, 3.63) is 358 Å². The highest BCUT2D eigenvalue weighted by Gasteiger charge is 2.47. The van der Waals surface area contributed by atoms with Gasteiger partial charge in [-0.2, -0.15) is 0 Å². The van der Waals surface area contributed by atoms with Crippen molar-refractivity contribution in [2.24, 2.45) is 0 Å². The van der Waals surface area contributed by atoms with E-state index in [1.807, 2.05) is 0 Å². The number of aryl methyl sites for hydroxylation is 4. The van der Waals surface area contributed by atoms with E-state index in [0.717, 1.165) is 34.1 Å². The first-order chi connectivity index (χ1) is 41.3. The topological polar surface area (TPSA) is 6.48 Å². The van der Waals surface area contributed by atoms with Gasteiger partial charge in [-0.1, -0.05) is 231 Å². The molecule has 0 aliphatic heterocycles. The van der Waals surface area contributed by atoms with Gasteiger partial charge in [0.2, 0.25) is 0 Å². The molecule has 398 valence electrons. The Hall–Kier alpha value is -10.3. The van der Waals surface area contributed by atoms with Gasteiger partial charge in [0.1, 0.15) is 0 Å². The zero-order chi connectivity index (χ0) is 56.3. The number of rotatable bonds is 10. The maximum absolute atomic E-state index is 2.51. The standard InChI is InChI=1S/C82H60N2/c1-53-47-54(2)50-65(49-53)84(66-51-55(3)48-56(4)52-66)78-46-34-58-31-43-71-77(45-33-57-32-44-72(78)80(58)79(57)71)83(63-39-35-61(36-40-63)81(59-19-7-5-8-20-59)73-27-15-11-23-67(73)68-24-12-16-28-74(68)81)64-41-37-62(38-42-64)82(60-21-9-6-10-22-60)75-29-17-13-25-69(75)70-26-14-18-30-76(70)82/h5-52H,1-4H3. The van der Waals surface area contributed by atoms with E-state index in [1.54, 1.807) is 0 Å².